The van der Waals surface area contributed by atoms with Crippen LogP contribution in [0.25, 0.3) is 6.08 Å². The first-order valence-electron chi connectivity index (χ1n) is 11.1. The van der Waals surface area contributed by atoms with Crippen molar-refractivity contribution in [3.05, 3.63) is 86.3 Å². The molecule has 1 saturated heterocycles. The summed E-state index contributed by atoms with van der Waals surface area (Å²) in [5.74, 6) is 1.94. The minimum absolute atomic E-state index is 0.151. The minimum atomic E-state index is -0.151. The fourth-order valence-electron chi connectivity index (χ4n) is 3.50. The molecule has 0 aliphatic carbocycles. The first-order valence-corrected chi connectivity index (χ1v) is 13.4. The van der Waals surface area contributed by atoms with Crippen LogP contribution in [0.5, 0.6) is 17.2 Å². The molecule has 0 saturated carbocycles. The highest BCUT2D eigenvalue weighted by atomic mass is 127. The van der Waals surface area contributed by atoms with E-state index in [4.69, 9.17) is 26.4 Å². The molecule has 180 valence electrons. The monoisotopic (exact) mass is 617 g/mol. The fourth-order valence-corrected chi connectivity index (χ4v) is 5.58. The summed E-state index contributed by atoms with van der Waals surface area (Å²) in [6.07, 6.45) is 1.85. The van der Waals surface area contributed by atoms with Crippen molar-refractivity contribution in [2.75, 3.05) is 18.1 Å². The third kappa shape index (κ3) is 6.17. The number of hydrogen-bond acceptors (Lipinski definition) is 6. The van der Waals surface area contributed by atoms with E-state index in [1.165, 1.54) is 11.8 Å². The van der Waals surface area contributed by atoms with Gasteiger partial charge in [-0.2, -0.15) is 0 Å². The molecule has 1 heterocycles. The zero-order chi connectivity index (χ0) is 24.8. The standard InChI is InChI=1S/C27H24INO4S2/c1-3-31-21-12-10-20(11-13-21)29-26(30)24(35-27(29)34)16-19-14-22(28)25(23(15-19)32-4-2)33-17-18-8-6-5-7-9-18/h5-16H,3-4,17H2,1-2H3/b24-16+. The van der Waals surface area contributed by atoms with E-state index in [2.05, 4.69) is 22.6 Å². The highest BCUT2D eigenvalue weighted by molar-refractivity contribution is 14.1. The molecule has 3 aromatic carbocycles. The molecule has 5 nitrogen and oxygen atoms in total. The predicted molar refractivity (Wildman–Crippen MR) is 154 cm³/mol. The molecule has 1 aliphatic rings. The van der Waals surface area contributed by atoms with Gasteiger partial charge in [0.1, 0.15) is 12.4 Å². The van der Waals surface area contributed by atoms with Gasteiger partial charge in [0.2, 0.25) is 0 Å². The van der Waals surface area contributed by atoms with Crippen LogP contribution in [0.4, 0.5) is 5.69 Å². The SMILES string of the molecule is CCOc1ccc(N2C(=O)/C(=C\c3cc(I)c(OCc4ccccc4)c(OCC)c3)SC2=S)cc1. The third-order valence-electron chi connectivity index (χ3n) is 5.06. The van der Waals surface area contributed by atoms with Gasteiger partial charge in [-0.1, -0.05) is 54.3 Å². The van der Waals surface area contributed by atoms with Gasteiger partial charge in [0.25, 0.3) is 5.91 Å². The molecule has 3 aromatic rings. The van der Waals surface area contributed by atoms with Crippen LogP contribution in [0.3, 0.4) is 0 Å². The Kier molecular flexibility index (Phi) is 8.69. The molecule has 0 radical (unpaired) electrons. The number of thioether (sulfide) groups is 1. The van der Waals surface area contributed by atoms with Crippen molar-refractivity contribution < 1.29 is 19.0 Å². The van der Waals surface area contributed by atoms with E-state index in [-0.39, 0.29) is 5.91 Å². The lowest BCUT2D eigenvalue weighted by Crippen LogP contribution is -2.27. The summed E-state index contributed by atoms with van der Waals surface area (Å²) in [4.78, 5) is 15.3. The number of thiocarbonyl (C=S) groups is 1. The van der Waals surface area contributed by atoms with Crippen molar-refractivity contribution in [2.24, 2.45) is 0 Å². The number of carbonyl (C=O) groups excluding carboxylic acids is 1. The van der Waals surface area contributed by atoms with Crippen LogP contribution in [-0.4, -0.2) is 23.4 Å². The van der Waals surface area contributed by atoms with Gasteiger partial charge < -0.3 is 14.2 Å². The highest BCUT2D eigenvalue weighted by Crippen LogP contribution is 2.39. The third-order valence-corrected chi connectivity index (χ3v) is 7.16. The molecular weight excluding hydrogens is 593 g/mol. The summed E-state index contributed by atoms with van der Waals surface area (Å²) in [5.41, 5.74) is 2.64. The Balaban J connectivity index is 1.57. The average molecular weight is 618 g/mol. The van der Waals surface area contributed by atoms with Gasteiger partial charge in [-0.25, -0.2) is 0 Å². The molecule has 0 bridgehead atoms. The van der Waals surface area contributed by atoms with Crippen molar-refractivity contribution in [1.29, 1.82) is 0 Å². The van der Waals surface area contributed by atoms with Crippen LogP contribution in [0.1, 0.15) is 25.0 Å². The first kappa shape index (κ1) is 25.5. The maximum Gasteiger partial charge on any atom is 0.270 e. The summed E-state index contributed by atoms with van der Waals surface area (Å²) in [7, 11) is 0. The van der Waals surface area contributed by atoms with Crippen molar-refractivity contribution >= 4 is 68.6 Å². The maximum atomic E-state index is 13.2. The molecule has 0 N–H and O–H groups in total. The number of amides is 1. The van der Waals surface area contributed by atoms with E-state index in [1.54, 1.807) is 4.90 Å². The van der Waals surface area contributed by atoms with E-state index in [0.29, 0.717) is 46.2 Å². The number of hydrogen-bond donors (Lipinski definition) is 0. The number of anilines is 1. The molecule has 0 spiro atoms. The summed E-state index contributed by atoms with van der Waals surface area (Å²) < 4.78 is 18.9. The van der Waals surface area contributed by atoms with Gasteiger partial charge in [-0.15, -0.1) is 0 Å². The van der Waals surface area contributed by atoms with E-state index in [9.17, 15) is 4.79 Å². The molecule has 4 rings (SSSR count). The number of nitrogens with zero attached hydrogens (tertiary/aromatic N) is 1. The molecule has 0 aromatic heterocycles. The van der Waals surface area contributed by atoms with E-state index in [1.807, 2.05) is 86.7 Å². The van der Waals surface area contributed by atoms with Crippen LogP contribution < -0.4 is 19.1 Å². The lowest BCUT2D eigenvalue weighted by molar-refractivity contribution is -0.113. The first-order chi connectivity index (χ1) is 17.0. The number of benzene rings is 3. The van der Waals surface area contributed by atoms with Gasteiger partial charge >= 0.3 is 0 Å². The lowest BCUT2D eigenvalue weighted by atomic mass is 10.1. The Bertz CT molecular complexity index is 1250. The molecule has 1 aliphatic heterocycles. The molecular formula is C27H24INO4S2. The van der Waals surface area contributed by atoms with Crippen molar-refractivity contribution in [3.63, 3.8) is 0 Å². The van der Waals surface area contributed by atoms with Crippen molar-refractivity contribution in [1.82, 2.24) is 0 Å². The van der Waals surface area contributed by atoms with E-state index >= 15 is 0 Å². The predicted octanol–water partition coefficient (Wildman–Crippen LogP) is 7.07. The van der Waals surface area contributed by atoms with Gasteiger partial charge in [-0.05, 0) is 90.0 Å². The Morgan fingerprint density at radius 2 is 1.69 bits per heavy atom. The van der Waals surface area contributed by atoms with Crippen molar-refractivity contribution in [3.8, 4) is 17.2 Å². The van der Waals surface area contributed by atoms with Gasteiger partial charge in [-0.3, -0.25) is 9.69 Å². The lowest BCUT2D eigenvalue weighted by Gasteiger charge is -2.15. The second-order valence-electron chi connectivity index (χ2n) is 7.48. The second-order valence-corrected chi connectivity index (χ2v) is 10.3. The molecule has 1 amide bonds. The summed E-state index contributed by atoms with van der Waals surface area (Å²) in [6, 6.07) is 21.2. The largest absolute Gasteiger partial charge is 0.494 e. The molecule has 8 heteroatoms. The Morgan fingerprint density at radius 1 is 0.971 bits per heavy atom. The van der Waals surface area contributed by atoms with Crippen molar-refractivity contribution in [2.45, 2.75) is 20.5 Å². The number of rotatable bonds is 9. The summed E-state index contributed by atoms with van der Waals surface area (Å²) in [5, 5.41) is 0. The topological polar surface area (TPSA) is 48.0 Å². The molecule has 0 atom stereocenters. The van der Waals surface area contributed by atoms with Crippen LogP contribution in [0.15, 0.2) is 71.6 Å². The van der Waals surface area contributed by atoms with E-state index < -0.39 is 0 Å². The number of carbonyl (C=O) groups is 1. The Hall–Kier alpha value is -2.56. The maximum absolute atomic E-state index is 13.2. The molecule has 35 heavy (non-hydrogen) atoms. The zero-order valence-corrected chi connectivity index (χ0v) is 23.1. The second kappa shape index (κ2) is 11.9. The molecule has 1 fully saturated rings. The number of halogens is 1. The van der Waals surface area contributed by atoms with Crippen LogP contribution in [-0.2, 0) is 11.4 Å². The van der Waals surface area contributed by atoms with Gasteiger partial charge in [0.15, 0.2) is 15.8 Å². The smallest absolute Gasteiger partial charge is 0.270 e. The normalized spacial score (nSPS) is 14.5. The number of ether oxygens (including phenoxy) is 3. The highest BCUT2D eigenvalue weighted by Gasteiger charge is 2.33. The Morgan fingerprint density at radius 3 is 2.37 bits per heavy atom. The quantitative estimate of drug-likeness (QED) is 0.146. The van der Waals surface area contributed by atoms with Crippen LogP contribution >= 0.6 is 46.6 Å². The Labute approximate surface area is 228 Å². The van der Waals surface area contributed by atoms with Crippen LogP contribution in [0.2, 0.25) is 0 Å². The van der Waals surface area contributed by atoms with Gasteiger partial charge in [0.05, 0.1) is 27.4 Å². The summed E-state index contributed by atoms with van der Waals surface area (Å²) >= 11 is 9.05. The average Bonchev–Trinajstić information content (AvgIpc) is 3.12. The molecule has 0 unspecified atom stereocenters. The zero-order valence-electron chi connectivity index (χ0n) is 19.3. The minimum Gasteiger partial charge on any atom is -0.494 e. The fraction of sp³-hybridized carbons (Fsp3) is 0.185. The van der Waals surface area contributed by atoms with Gasteiger partial charge in [0, 0.05) is 0 Å². The summed E-state index contributed by atoms with van der Waals surface area (Å²) in [6.45, 7) is 5.39. The van der Waals surface area contributed by atoms with E-state index in [0.717, 1.165) is 20.4 Å². The van der Waals surface area contributed by atoms with Crippen LogP contribution in [0, 0.1) is 3.57 Å².